The van der Waals surface area contributed by atoms with E-state index in [9.17, 15) is 0 Å². The van der Waals surface area contributed by atoms with Crippen LogP contribution in [0.25, 0.3) is 0 Å². The molecule has 0 amide bonds. The van der Waals surface area contributed by atoms with Crippen LogP contribution in [0.1, 0.15) is 18.1 Å². The minimum Gasteiger partial charge on any atom is -0.388 e. The summed E-state index contributed by atoms with van der Waals surface area (Å²) in [6, 6.07) is 6.24. The van der Waals surface area contributed by atoms with Gasteiger partial charge < -0.3 is 5.32 Å². The number of hydrogen-bond acceptors (Lipinski definition) is 2. The van der Waals surface area contributed by atoms with Gasteiger partial charge in [0.1, 0.15) is 0 Å². The molecule has 0 heterocycles. The predicted octanol–water partition coefficient (Wildman–Crippen LogP) is 4.66. The summed E-state index contributed by atoms with van der Waals surface area (Å²) < 4.78 is 0. The van der Waals surface area contributed by atoms with E-state index in [4.69, 9.17) is 0 Å². The molecule has 0 bridgehead atoms. The van der Waals surface area contributed by atoms with Crippen molar-refractivity contribution in [3.05, 3.63) is 77.6 Å². The molecule has 1 N–H and O–H groups in total. The number of aryl methyl sites for hydroxylation is 1. The van der Waals surface area contributed by atoms with Crippen molar-refractivity contribution in [2.75, 3.05) is 7.05 Å². The zero-order valence-electron chi connectivity index (χ0n) is 13.2. The van der Waals surface area contributed by atoms with Crippen LogP contribution in [0.4, 0.5) is 5.69 Å². The normalized spacial score (nSPS) is 11.5. The number of nitrogens with zero attached hydrogens (tertiary/aromatic N) is 1. The highest BCUT2D eigenvalue weighted by Gasteiger charge is 2.02. The number of likely N-dealkylation sites (N-methyl/N-ethyl adjacent to an activating group) is 1. The number of nitrogens with one attached hydrogen (secondary N) is 1. The van der Waals surface area contributed by atoms with Crippen LogP contribution >= 0.6 is 0 Å². The SMILES string of the molecule is C=Nc1ccc(CC(/C=C\C)=C/C(=C)C(=C)NC)cc1C. The largest absolute Gasteiger partial charge is 0.388 e. The Hall–Kier alpha value is -2.35. The molecule has 0 spiro atoms. The van der Waals surface area contributed by atoms with Gasteiger partial charge in [0.15, 0.2) is 0 Å². The van der Waals surface area contributed by atoms with Crippen molar-refractivity contribution in [2.45, 2.75) is 20.3 Å². The topological polar surface area (TPSA) is 24.4 Å². The van der Waals surface area contributed by atoms with E-state index in [-0.39, 0.29) is 0 Å². The first kappa shape index (κ1) is 16.7. The van der Waals surface area contributed by atoms with Crippen LogP contribution < -0.4 is 5.32 Å². The van der Waals surface area contributed by atoms with Gasteiger partial charge in [-0.05, 0) is 61.4 Å². The van der Waals surface area contributed by atoms with Gasteiger partial charge in [-0.2, -0.15) is 0 Å². The van der Waals surface area contributed by atoms with Crippen molar-refractivity contribution in [1.29, 1.82) is 0 Å². The average molecular weight is 280 g/mol. The molecule has 0 aliphatic carbocycles. The fraction of sp³-hybridized carbons (Fsp3) is 0.211. The van der Waals surface area contributed by atoms with Crippen LogP contribution in [0.3, 0.4) is 0 Å². The van der Waals surface area contributed by atoms with Gasteiger partial charge >= 0.3 is 0 Å². The van der Waals surface area contributed by atoms with Crippen molar-refractivity contribution < 1.29 is 0 Å². The Bertz CT molecular complexity index is 604. The molecule has 0 saturated heterocycles. The highest BCUT2D eigenvalue weighted by Crippen LogP contribution is 2.21. The smallest absolute Gasteiger partial charge is 0.0651 e. The second-order valence-corrected chi connectivity index (χ2v) is 4.93. The van der Waals surface area contributed by atoms with E-state index in [2.05, 4.69) is 54.5 Å². The van der Waals surface area contributed by atoms with Gasteiger partial charge in [-0.15, -0.1) is 0 Å². The Balaban J connectivity index is 3.01. The monoisotopic (exact) mass is 280 g/mol. The van der Waals surface area contributed by atoms with E-state index in [1.54, 1.807) is 0 Å². The van der Waals surface area contributed by atoms with Crippen LogP contribution in [-0.4, -0.2) is 13.8 Å². The number of benzene rings is 1. The molecule has 0 fully saturated rings. The Morgan fingerprint density at radius 1 is 1.33 bits per heavy atom. The molecule has 2 nitrogen and oxygen atoms in total. The van der Waals surface area contributed by atoms with Crippen LogP contribution in [0, 0.1) is 6.92 Å². The molecule has 1 aromatic carbocycles. The lowest BCUT2D eigenvalue weighted by molar-refractivity contribution is 1.02. The van der Waals surface area contributed by atoms with Gasteiger partial charge in [0.2, 0.25) is 0 Å². The lowest BCUT2D eigenvalue weighted by atomic mass is 10.00. The number of aliphatic imine (C=N–C) groups is 1. The molecule has 1 aromatic rings. The van der Waals surface area contributed by atoms with Gasteiger partial charge in [0.25, 0.3) is 0 Å². The fourth-order valence-electron chi connectivity index (χ4n) is 2.08. The molecule has 0 atom stereocenters. The van der Waals surface area contributed by atoms with E-state index in [1.807, 2.05) is 33.0 Å². The maximum atomic E-state index is 4.04. The molecule has 1 rings (SSSR count). The highest BCUT2D eigenvalue weighted by atomic mass is 14.8. The summed E-state index contributed by atoms with van der Waals surface area (Å²) in [6.07, 6.45) is 7.04. The first-order chi connectivity index (χ1) is 10.0. The van der Waals surface area contributed by atoms with Gasteiger partial charge in [0, 0.05) is 12.7 Å². The maximum Gasteiger partial charge on any atom is 0.0651 e. The van der Waals surface area contributed by atoms with Crippen molar-refractivity contribution in [2.24, 2.45) is 4.99 Å². The molecule has 110 valence electrons. The van der Waals surface area contributed by atoms with Crippen LogP contribution in [0.2, 0.25) is 0 Å². The van der Waals surface area contributed by atoms with Crippen molar-refractivity contribution in [3.63, 3.8) is 0 Å². The standard InChI is InChI=1S/C19H24N2/c1-7-8-17(11-14(2)16(4)20-5)13-18-9-10-19(21-6)15(3)12-18/h7-12,20H,2,4,6,13H2,1,3,5H3/b8-7-,17-11+. The summed E-state index contributed by atoms with van der Waals surface area (Å²) in [6.45, 7) is 15.6. The molecular formula is C19H24N2. The Morgan fingerprint density at radius 3 is 2.57 bits per heavy atom. The number of rotatable bonds is 7. The molecule has 2 heteroatoms. The summed E-state index contributed by atoms with van der Waals surface area (Å²) in [5.41, 5.74) is 6.24. The molecule has 0 unspecified atom stereocenters. The van der Waals surface area contributed by atoms with Crippen LogP contribution in [0.15, 0.2) is 71.4 Å². The maximum absolute atomic E-state index is 4.04. The van der Waals surface area contributed by atoms with Gasteiger partial charge in [0.05, 0.1) is 5.69 Å². The fourth-order valence-corrected chi connectivity index (χ4v) is 2.08. The first-order valence-electron chi connectivity index (χ1n) is 6.97. The van der Waals surface area contributed by atoms with Crippen LogP contribution in [0.5, 0.6) is 0 Å². The van der Waals surface area contributed by atoms with Crippen molar-refractivity contribution in [1.82, 2.24) is 5.32 Å². The van der Waals surface area contributed by atoms with Crippen molar-refractivity contribution >= 4 is 12.4 Å². The summed E-state index contributed by atoms with van der Waals surface area (Å²) in [5.74, 6) is 0. The third-order valence-electron chi connectivity index (χ3n) is 3.27. The summed E-state index contributed by atoms with van der Waals surface area (Å²) in [7, 11) is 1.85. The average Bonchev–Trinajstić information content (AvgIpc) is 2.46. The Labute approximate surface area is 128 Å². The summed E-state index contributed by atoms with van der Waals surface area (Å²) in [5, 5.41) is 3.02. The van der Waals surface area contributed by atoms with Gasteiger partial charge in [-0.1, -0.05) is 37.4 Å². The molecule has 0 aromatic heterocycles. The van der Waals surface area contributed by atoms with Crippen LogP contribution in [-0.2, 0) is 6.42 Å². The predicted molar refractivity (Wildman–Crippen MR) is 94.3 cm³/mol. The lowest BCUT2D eigenvalue weighted by Crippen LogP contribution is -2.05. The number of hydrogen-bond donors (Lipinski definition) is 1. The van der Waals surface area contributed by atoms with E-state index < -0.39 is 0 Å². The molecular weight excluding hydrogens is 256 g/mol. The zero-order valence-corrected chi connectivity index (χ0v) is 13.2. The van der Waals surface area contributed by atoms with E-state index in [0.717, 1.165) is 28.9 Å². The third kappa shape index (κ3) is 4.92. The molecule has 0 aliphatic rings. The van der Waals surface area contributed by atoms with E-state index in [0.29, 0.717) is 0 Å². The number of allylic oxidation sites excluding steroid dienone is 4. The van der Waals surface area contributed by atoms with Gasteiger partial charge in [-0.3, -0.25) is 4.99 Å². The molecule has 0 aliphatic heterocycles. The van der Waals surface area contributed by atoms with Gasteiger partial charge in [-0.25, -0.2) is 0 Å². The zero-order chi connectivity index (χ0) is 15.8. The quantitative estimate of drug-likeness (QED) is 0.570. The van der Waals surface area contributed by atoms with E-state index >= 15 is 0 Å². The molecule has 0 saturated carbocycles. The Morgan fingerprint density at radius 2 is 2.05 bits per heavy atom. The minimum atomic E-state index is 0.833. The molecule has 21 heavy (non-hydrogen) atoms. The summed E-state index contributed by atoms with van der Waals surface area (Å²) in [4.78, 5) is 4.00. The van der Waals surface area contributed by atoms with Crippen molar-refractivity contribution in [3.8, 4) is 0 Å². The second-order valence-electron chi connectivity index (χ2n) is 4.93. The highest BCUT2D eigenvalue weighted by molar-refractivity contribution is 5.53. The molecule has 0 radical (unpaired) electrons. The minimum absolute atomic E-state index is 0.833. The lowest BCUT2D eigenvalue weighted by Gasteiger charge is -2.09. The first-order valence-corrected chi connectivity index (χ1v) is 6.97. The summed E-state index contributed by atoms with van der Waals surface area (Å²) >= 11 is 0. The third-order valence-corrected chi connectivity index (χ3v) is 3.27. The second kappa shape index (κ2) is 8.05. The Kier molecular flexibility index (Phi) is 6.41. The van der Waals surface area contributed by atoms with E-state index in [1.165, 1.54) is 11.1 Å².